The second-order valence-electron chi connectivity index (χ2n) is 4.92. The summed E-state index contributed by atoms with van der Waals surface area (Å²) in [6, 6.07) is 8.09. The van der Waals surface area contributed by atoms with E-state index in [-0.39, 0.29) is 5.91 Å². The molecule has 3 rings (SSSR count). The van der Waals surface area contributed by atoms with E-state index in [1.165, 1.54) is 6.42 Å². The minimum absolute atomic E-state index is 0.0918. The van der Waals surface area contributed by atoms with Crippen molar-refractivity contribution in [2.75, 3.05) is 11.9 Å². The third-order valence-electron chi connectivity index (χ3n) is 3.81. The molecule has 1 amide bonds. The van der Waals surface area contributed by atoms with Crippen LogP contribution in [0.5, 0.6) is 0 Å². The van der Waals surface area contributed by atoms with Crippen molar-refractivity contribution in [2.24, 2.45) is 0 Å². The van der Waals surface area contributed by atoms with Gasteiger partial charge in [0.1, 0.15) is 11.8 Å². The SMILES string of the molecule is O=C(c1coc2ccccc12)N(CCBr)C1CCC1. The van der Waals surface area contributed by atoms with Gasteiger partial charge in [-0.25, -0.2) is 0 Å². The molecule has 1 aromatic heterocycles. The largest absolute Gasteiger partial charge is 0.463 e. The lowest BCUT2D eigenvalue weighted by molar-refractivity contribution is 0.0600. The van der Waals surface area contributed by atoms with Crippen LogP contribution < -0.4 is 0 Å². The Bertz CT molecular complexity index is 589. The zero-order valence-corrected chi connectivity index (χ0v) is 12.2. The van der Waals surface area contributed by atoms with E-state index in [1.807, 2.05) is 29.2 Å². The fourth-order valence-electron chi connectivity index (χ4n) is 2.54. The van der Waals surface area contributed by atoms with Crippen LogP contribution in [0.1, 0.15) is 29.6 Å². The lowest BCUT2D eigenvalue weighted by atomic mass is 9.91. The molecular weight excluding hydrogens is 306 g/mol. The maximum Gasteiger partial charge on any atom is 0.258 e. The minimum atomic E-state index is 0.0918. The van der Waals surface area contributed by atoms with Crippen LogP contribution in [0.25, 0.3) is 11.0 Å². The van der Waals surface area contributed by atoms with Crippen molar-refractivity contribution in [3.8, 4) is 0 Å². The Morgan fingerprint density at radius 3 is 2.84 bits per heavy atom. The summed E-state index contributed by atoms with van der Waals surface area (Å²) in [6.45, 7) is 0.753. The summed E-state index contributed by atoms with van der Waals surface area (Å²) >= 11 is 3.44. The molecule has 1 fully saturated rings. The number of carbonyl (C=O) groups excluding carboxylic acids is 1. The van der Waals surface area contributed by atoms with E-state index in [2.05, 4.69) is 15.9 Å². The first-order valence-corrected chi connectivity index (χ1v) is 7.76. The maximum absolute atomic E-state index is 12.7. The van der Waals surface area contributed by atoms with Crippen LogP contribution >= 0.6 is 15.9 Å². The van der Waals surface area contributed by atoms with Crippen molar-refractivity contribution in [3.63, 3.8) is 0 Å². The van der Waals surface area contributed by atoms with Crippen LogP contribution in [-0.4, -0.2) is 28.7 Å². The van der Waals surface area contributed by atoms with Gasteiger partial charge in [-0.1, -0.05) is 34.1 Å². The van der Waals surface area contributed by atoms with Crippen molar-refractivity contribution in [2.45, 2.75) is 25.3 Å². The number of alkyl halides is 1. The third-order valence-corrected chi connectivity index (χ3v) is 4.17. The molecule has 0 atom stereocenters. The number of benzene rings is 1. The highest BCUT2D eigenvalue weighted by Gasteiger charge is 2.30. The highest BCUT2D eigenvalue weighted by Crippen LogP contribution is 2.28. The van der Waals surface area contributed by atoms with E-state index in [0.29, 0.717) is 11.6 Å². The quantitative estimate of drug-likeness (QED) is 0.802. The van der Waals surface area contributed by atoms with E-state index < -0.39 is 0 Å². The van der Waals surface area contributed by atoms with E-state index in [0.717, 1.165) is 35.7 Å². The molecule has 19 heavy (non-hydrogen) atoms. The van der Waals surface area contributed by atoms with Gasteiger partial charge in [-0.2, -0.15) is 0 Å². The average molecular weight is 322 g/mol. The summed E-state index contributed by atoms with van der Waals surface area (Å²) in [6.07, 6.45) is 5.05. The Balaban J connectivity index is 1.92. The fraction of sp³-hybridized carbons (Fsp3) is 0.400. The van der Waals surface area contributed by atoms with Crippen LogP contribution in [0.4, 0.5) is 0 Å². The summed E-state index contributed by atoms with van der Waals surface area (Å²) in [5.74, 6) is 0.0918. The monoisotopic (exact) mass is 321 g/mol. The second kappa shape index (κ2) is 5.37. The lowest BCUT2D eigenvalue weighted by Gasteiger charge is -2.37. The van der Waals surface area contributed by atoms with Gasteiger partial charge in [-0.05, 0) is 25.3 Å². The molecule has 1 aliphatic carbocycles. The molecule has 1 saturated carbocycles. The first-order chi connectivity index (χ1) is 9.31. The molecule has 2 aromatic rings. The number of nitrogens with zero attached hydrogens (tertiary/aromatic N) is 1. The number of furan rings is 1. The fourth-order valence-corrected chi connectivity index (χ4v) is 2.92. The maximum atomic E-state index is 12.7. The van der Waals surface area contributed by atoms with Gasteiger partial charge in [0, 0.05) is 23.3 Å². The van der Waals surface area contributed by atoms with Crippen LogP contribution in [0, 0.1) is 0 Å². The number of amides is 1. The van der Waals surface area contributed by atoms with Crippen molar-refractivity contribution >= 4 is 32.8 Å². The van der Waals surface area contributed by atoms with Gasteiger partial charge in [-0.15, -0.1) is 0 Å². The Morgan fingerprint density at radius 2 is 2.16 bits per heavy atom. The number of halogens is 1. The third kappa shape index (κ3) is 2.29. The number of para-hydroxylation sites is 1. The molecule has 1 aliphatic rings. The number of carbonyl (C=O) groups is 1. The van der Waals surface area contributed by atoms with Crippen LogP contribution in [0.3, 0.4) is 0 Å². The topological polar surface area (TPSA) is 33.5 Å². The second-order valence-corrected chi connectivity index (χ2v) is 5.71. The molecule has 0 spiro atoms. The highest BCUT2D eigenvalue weighted by atomic mass is 79.9. The van der Waals surface area contributed by atoms with Crippen LogP contribution in [-0.2, 0) is 0 Å². The zero-order chi connectivity index (χ0) is 13.2. The molecule has 1 aromatic carbocycles. The molecule has 0 radical (unpaired) electrons. The Labute approximate surface area is 120 Å². The number of fused-ring (bicyclic) bond motifs is 1. The predicted octanol–water partition coefficient (Wildman–Crippen LogP) is 3.82. The molecule has 0 N–H and O–H groups in total. The van der Waals surface area contributed by atoms with Gasteiger partial charge in [0.2, 0.25) is 0 Å². The molecule has 0 aliphatic heterocycles. The summed E-state index contributed by atoms with van der Waals surface area (Å²) in [5.41, 5.74) is 1.46. The van der Waals surface area contributed by atoms with E-state index in [9.17, 15) is 4.79 Å². The molecular formula is C15H16BrNO2. The van der Waals surface area contributed by atoms with Gasteiger partial charge in [0.25, 0.3) is 5.91 Å². The predicted molar refractivity (Wildman–Crippen MR) is 78.7 cm³/mol. The number of hydrogen-bond acceptors (Lipinski definition) is 2. The van der Waals surface area contributed by atoms with Crippen molar-refractivity contribution < 1.29 is 9.21 Å². The molecule has 0 unspecified atom stereocenters. The zero-order valence-electron chi connectivity index (χ0n) is 10.6. The van der Waals surface area contributed by atoms with Gasteiger partial charge in [0.05, 0.1) is 5.56 Å². The molecule has 100 valence electrons. The summed E-state index contributed by atoms with van der Waals surface area (Å²) in [4.78, 5) is 14.7. The van der Waals surface area contributed by atoms with Crippen LogP contribution in [0.2, 0.25) is 0 Å². The van der Waals surface area contributed by atoms with Crippen molar-refractivity contribution in [3.05, 3.63) is 36.1 Å². The Morgan fingerprint density at radius 1 is 1.37 bits per heavy atom. The standard InChI is InChI=1S/C15H16BrNO2/c16-8-9-17(11-4-3-5-11)15(18)13-10-19-14-7-2-1-6-12(13)14/h1-2,6-7,10-11H,3-5,8-9H2. The van der Waals surface area contributed by atoms with Crippen molar-refractivity contribution in [1.29, 1.82) is 0 Å². The minimum Gasteiger partial charge on any atom is -0.463 e. The molecule has 0 saturated heterocycles. The van der Waals surface area contributed by atoms with Gasteiger partial charge in [-0.3, -0.25) is 4.79 Å². The molecule has 4 heteroatoms. The lowest BCUT2D eigenvalue weighted by Crippen LogP contribution is -2.45. The summed E-state index contributed by atoms with van der Waals surface area (Å²) in [5, 5.41) is 1.72. The summed E-state index contributed by atoms with van der Waals surface area (Å²) in [7, 11) is 0. The summed E-state index contributed by atoms with van der Waals surface area (Å²) < 4.78 is 5.47. The Hall–Kier alpha value is -1.29. The van der Waals surface area contributed by atoms with Gasteiger partial charge < -0.3 is 9.32 Å². The van der Waals surface area contributed by atoms with Crippen molar-refractivity contribution in [1.82, 2.24) is 4.90 Å². The van der Waals surface area contributed by atoms with E-state index in [1.54, 1.807) is 6.26 Å². The first-order valence-electron chi connectivity index (χ1n) is 6.64. The van der Waals surface area contributed by atoms with Gasteiger partial charge >= 0.3 is 0 Å². The first kappa shape index (κ1) is 12.7. The van der Waals surface area contributed by atoms with E-state index in [4.69, 9.17) is 4.42 Å². The number of rotatable bonds is 4. The normalized spacial score (nSPS) is 15.4. The van der Waals surface area contributed by atoms with E-state index >= 15 is 0 Å². The average Bonchev–Trinajstić information content (AvgIpc) is 2.79. The van der Waals surface area contributed by atoms with Crippen LogP contribution in [0.15, 0.2) is 34.9 Å². The molecule has 3 nitrogen and oxygen atoms in total. The molecule has 1 heterocycles. The number of hydrogen-bond donors (Lipinski definition) is 0. The van der Waals surface area contributed by atoms with Gasteiger partial charge in [0.15, 0.2) is 0 Å². The highest BCUT2D eigenvalue weighted by molar-refractivity contribution is 9.09. The molecule has 0 bridgehead atoms. The smallest absolute Gasteiger partial charge is 0.258 e. The Kier molecular flexibility index (Phi) is 3.60.